The number of aryl methyl sites for hydroxylation is 1. The van der Waals surface area contributed by atoms with E-state index in [2.05, 4.69) is 25.4 Å². The van der Waals surface area contributed by atoms with Crippen molar-refractivity contribution in [3.63, 3.8) is 0 Å². The molecule has 0 aliphatic carbocycles. The Morgan fingerprint density at radius 2 is 2.00 bits per heavy atom. The lowest BCUT2D eigenvalue weighted by Crippen LogP contribution is -2.39. The van der Waals surface area contributed by atoms with Crippen LogP contribution >= 0.6 is 0 Å². The molecule has 4 heterocycles. The number of nitrogens with zero attached hydrogens (tertiary/aromatic N) is 3. The van der Waals surface area contributed by atoms with Crippen LogP contribution in [0.4, 0.5) is 0 Å². The zero-order valence-electron chi connectivity index (χ0n) is 14.5. The molecule has 0 saturated carbocycles. The van der Waals surface area contributed by atoms with Crippen LogP contribution < -0.4 is 10.6 Å². The second-order valence-electron chi connectivity index (χ2n) is 7.77. The maximum absolute atomic E-state index is 12.2. The Balaban J connectivity index is 1.23. The molecule has 0 spiro atoms. The number of carbonyl (C=O) groups is 1. The van der Waals surface area contributed by atoms with Crippen molar-refractivity contribution in [2.45, 2.75) is 82.8 Å². The summed E-state index contributed by atoms with van der Waals surface area (Å²) in [7, 11) is 0. The van der Waals surface area contributed by atoms with E-state index in [4.69, 9.17) is 0 Å². The van der Waals surface area contributed by atoms with Crippen molar-refractivity contribution in [2.75, 3.05) is 6.54 Å². The zero-order valence-corrected chi connectivity index (χ0v) is 14.5. The SMILES string of the molecule is O=C(CC1CC2CCC(C1)N2)NCCc1nnc2n1CCCCC2. The first-order valence-corrected chi connectivity index (χ1v) is 9.71. The van der Waals surface area contributed by atoms with Gasteiger partial charge in [-0.25, -0.2) is 0 Å². The van der Waals surface area contributed by atoms with Crippen LogP contribution in [-0.4, -0.2) is 39.3 Å². The lowest BCUT2D eigenvalue weighted by molar-refractivity contribution is -0.122. The fraction of sp³-hybridized carbons (Fsp3) is 0.833. The van der Waals surface area contributed by atoms with Crippen molar-refractivity contribution < 1.29 is 4.79 Å². The van der Waals surface area contributed by atoms with E-state index in [0.29, 0.717) is 31.0 Å². The number of carbonyl (C=O) groups excluding carboxylic acids is 1. The minimum Gasteiger partial charge on any atom is -0.356 e. The Bertz CT molecular complexity index is 572. The van der Waals surface area contributed by atoms with Crippen molar-refractivity contribution in [2.24, 2.45) is 5.92 Å². The van der Waals surface area contributed by atoms with Crippen LogP contribution in [0.15, 0.2) is 0 Å². The molecule has 2 atom stereocenters. The molecule has 1 amide bonds. The minimum absolute atomic E-state index is 0.205. The highest BCUT2D eigenvalue weighted by molar-refractivity contribution is 5.76. The van der Waals surface area contributed by atoms with Gasteiger partial charge in [-0.1, -0.05) is 6.42 Å². The first-order valence-electron chi connectivity index (χ1n) is 9.71. The van der Waals surface area contributed by atoms with Crippen LogP contribution in [0.5, 0.6) is 0 Å². The summed E-state index contributed by atoms with van der Waals surface area (Å²) in [5.41, 5.74) is 0. The molecule has 2 fully saturated rings. The smallest absolute Gasteiger partial charge is 0.220 e. The second kappa shape index (κ2) is 7.21. The largest absolute Gasteiger partial charge is 0.356 e. The molecule has 2 saturated heterocycles. The Morgan fingerprint density at radius 1 is 1.17 bits per heavy atom. The Morgan fingerprint density at radius 3 is 2.83 bits per heavy atom. The summed E-state index contributed by atoms with van der Waals surface area (Å²) in [6.45, 7) is 1.71. The number of hydrogen-bond acceptors (Lipinski definition) is 4. The first kappa shape index (κ1) is 16.1. The van der Waals surface area contributed by atoms with E-state index in [0.717, 1.165) is 31.0 Å². The topological polar surface area (TPSA) is 71.8 Å². The molecule has 3 aliphatic rings. The third kappa shape index (κ3) is 3.63. The molecule has 6 heteroatoms. The van der Waals surface area contributed by atoms with Gasteiger partial charge in [-0.2, -0.15) is 0 Å². The fourth-order valence-corrected chi connectivity index (χ4v) is 4.72. The van der Waals surface area contributed by atoms with Crippen molar-refractivity contribution in [3.05, 3.63) is 11.6 Å². The van der Waals surface area contributed by atoms with Gasteiger partial charge in [-0.3, -0.25) is 4.79 Å². The highest BCUT2D eigenvalue weighted by atomic mass is 16.1. The zero-order chi connectivity index (χ0) is 16.4. The maximum atomic E-state index is 12.2. The molecule has 1 aromatic heterocycles. The Kier molecular flexibility index (Phi) is 4.83. The number of fused-ring (bicyclic) bond motifs is 3. The molecule has 2 bridgehead atoms. The monoisotopic (exact) mass is 331 g/mol. The summed E-state index contributed by atoms with van der Waals surface area (Å²) < 4.78 is 2.27. The molecular formula is C18H29N5O. The average molecular weight is 331 g/mol. The lowest BCUT2D eigenvalue weighted by atomic mass is 9.89. The summed E-state index contributed by atoms with van der Waals surface area (Å²) in [6, 6.07) is 1.32. The number of amides is 1. The molecule has 132 valence electrons. The van der Waals surface area contributed by atoms with Crippen LogP contribution in [0.1, 0.15) is 63.0 Å². The van der Waals surface area contributed by atoms with E-state index in [9.17, 15) is 4.79 Å². The van der Waals surface area contributed by atoms with Crippen molar-refractivity contribution in [1.82, 2.24) is 25.4 Å². The molecule has 0 radical (unpaired) electrons. The van der Waals surface area contributed by atoms with Crippen LogP contribution in [0, 0.1) is 5.92 Å². The number of hydrogen-bond donors (Lipinski definition) is 2. The van der Waals surface area contributed by atoms with E-state index < -0.39 is 0 Å². The molecule has 3 aliphatic heterocycles. The van der Waals surface area contributed by atoms with E-state index in [1.807, 2.05) is 0 Å². The molecule has 2 N–H and O–H groups in total. The number of piperidine rings is 1. The van der Waals surface area contributed by atoms with Crippen molar-refractivity contribution in [3.8, 4) is 0 Å². The van der Waals surface area contributed by atoms with Crippen LogP contribution in [0.3, 0.4) is 0 Å². The van der Waals surface area contributed by atoms with Crippen molar-refractivity contribution in [1.29, 1.82) is 0 Å². The molecule has 0 aromatic carbocycles. The average Bonchev–Trinajstić information content (AvgIpc) is 3.01. The number of rotatable bonds is 5. The fourth-order valence-electron chi connectivity index (χ4n) is 4.72. The minimum atomic E-state index is 0.205. The van der Waals surface area contributed by atoms with Gasteiger partial charge in [0.15, 0.2) is 0 Å². The van der Waals surface area contributed by atoms with Gasteiger partial charge in [0.1, 0.15) is 11.6 Å². The Hall–Kier alpha value is -1.43. The van der Waals surface area contributed by atoms with Gasteiger partial charge in [0.2, 0.25) is 5.91 Å². The maximum Gasteiger partial charge on any atom is 0.220 e. The van der Waals surface area contributed by atoms with Gasteiger partial charge in [0.05, 0.1) is 0 Å². The summed E-state index contributed by atoms with van der Waals surface area (Å²) >= 11 is 0. The normalized spacial score (nSPS) is 29.1. The Labute approximate surface area is 143 Å². The molecule has 1 aromatic rings. The first-order chi connectivity index (χ1) is 11.8. The van der Waals surface area contributed by atoms with Crippen molar-refractivity contribution >= 4 is 5.91 Å². The molecule has 4 rings (SSSR count). The van der Waals surface area contributed by atoms with Gasteiger partial charge in [-0.15, -0.1) is 10.2 Å². The third-order valence-electron chi connectivity index (χ3n) is 5.90. The highest BCUT2D eigenvalue weighted by Gasteiger charge is 2.34. The number of aromatic nitrogens is 3. The number of nitrogens with one attached hydrogen (secondary N) is 2. The summed E-state index contributed by atoms with van der Waals surface area (Å²) in [6.07, 6.45) is 11.1. The van der Waals surface area contributed by atoms with Gasteiger partial charge in [0, 0.05) is 44.4 Å². The third-order valence-corrected chi connectivity index (χ3v) is 5.90. The molecular weight excluding hydrogens is 302 g/mol. The van der Waals surface area contributed by atoms with Gasteiger partial charge >= 0.3 is 0 Å². The quantitative estimate of drug-likeness (QED) is 0.859. The summed E-state index contributed by atoms with van der Waals surface area (Å²) in [5, 5.41) is 15.4. The predicted octanol–water partition coefficient (Wildman–Crippen LogP) is 1.58. The molecule has 2 unspecified atom stereocenters. The predicted molar refractivity (Wildman–Crippen MR) is 91.6 cm³/mol. The van der Waals surface area contributed by atoms with Crippen LogP contribution in [0.25, 0.3) is 0 Å². The summed E-state index contributed by atoms with van der Waals surface area (Å²) in [4.78, 5) is 12.2. The van der Waals surface area contributed by atoms with Crippen LogP contribution in [0.2, 0.25) is 0 Å². The van der Waals surface area contributed by atoms with Crippen LogP contribution in [-0.2, 0) is 24.2 Å². The molecule has 6 nitrogen and oxygen atoms in total. The van der Waals surface area contributed by atoms with E-state index in [1.54, 1.807) is 0 Å². The summed E-state index contributed by atoms with van der Waals surface area (Å²) in [5.74, 6) is 2.93. The van der Waals surface area contributed by atoms with Gasteiger partial charge in [0.25, 0.3) is 0 Å². The highest BCUT2D eigenvalue weighted by Crippen LogP contribution is 2.32. The van der Waals surface area contributed by atoms with Gasteiger partial charge in [-0.05, 0) is 44.4 Å². The van der Waals surface area contributed by atoms with E-state index >= 15 is 0 Å². The van der Waals surface area contributed by atoms with E-state index in [1.165, 1.54) is 44.9 Å². The molecule has 24 heavy (non-hydrogen) atoms. The standard InChI is InChI=1S/C18H29N5O/c24-18(12-13-10-14-5-6-15(11-13)20-14)19-8-7-17-22-21-16-4-2-1-3-9-23(16)17/h13-15,20H,1-12H2,(H,19,24). The second-order valence-corrected chi connectivity index (χ2v) is 7.77. The van der Waals surface area contributed by atoms with E-state index in [-0.39, 0.29) is 5.91 Å². The van der Waals surface area contributed by atoms with Gasteiger partial charge < -0.3 is 15.2 Å². The lowest BCUT2D eigenvalue weighted by Gasteiger charge is -2.28.